The third kappa shape index (κ3) is 6.31. The number of nitrogens with zero attached hydrogens (tertiary/aromatic N) is 1. The molecule has 2 atom stereocenters. The van der Waals surface area contributed by atoms with Crippen LogP contribution in [-0.2, 0) is 32.2 Å². The molecule has 0 bridgehead atoms. The van der Waals surface area contributed by atoms with Crippen LogP contribution in [0.5, 0.6) is 0 Å². The fourth-order valence-corrected chi connectivity index (χ4v) is 4.54. The highest BCUT2D eigenvalue weighted by Gasteiger charge is 2.39. The van der Waals surface area contributed by atoms with Crippen LogP contribution in [0.1, 0.15) is 66.7 Å². The topological polar surface area (TPSA) is 134 Å². The van der Waals surface area contributed by atoms with Crippen molar-refractivity contribution in [1.29, 1.82) is 0 Å². The van der Waals surface area contributed by atoms with E-state index in [1.54, 1.807) is 63.2 Å². The summed E-state index contributed by atoms with van der Waals surface area (Å²) >= 11 is 5.98. The van der Waals surface area contributed by atoms with Crippen LogP contribution in [0.25, 0.3) is 0 Å². The second-order valence-electron chi connectivity index (χ2n) is 10.2. The first-order valence-corrected chi connectivity index (χ1v) is 12.6. The van der Waals surface area contributed by atoms with Gasteiger partial charge in [0.15, 0.2) is 0 Å². The SMILES string of the molecule is CC(C)(C)OC(=O)N[C@H](C(=O)NCc1ccc2c(c1)CN(C1CCC(=O)NC1=O)C2=O)c1ccc(Cl)cc1. The maximum atomic E-state index is 13.2. The van der Waals surface area contributed by atoms with Gasteiger partial charge in [0.2, 0.25) is 17.7 Å². The first-order valence-electron chi connectivity index (χ1n) is 12.2. The van der Waals surface area contributed by atoms with Gasteiger partial charge >= 0.3 is 6.09 Å². The normalized spacial score (nSPS) is 17.9. The Morgan fingerprint density at radius 2 is 1.84 bits per heavy atom. The monoisotopic (exact) mass is 540 g/mol. The number of halogens is 1. The number of hydrogen-bond donors (Lipinski definition) is 3. The van der Waals surface area contributed by atoms with Gasteiger partial charge in [-0.1, -0.05) is 35.9 Å². The highest BCUT2D eigenvalue weighted by atomic mass is 35.5. The molecule has 0 radical (unpaired) electrons. The Hall–Kier alpha value is -3.92. The number of hydrogen-bond acceptors (Lipinski definition) is 6. The van der Waals surface area contributed by atoms with Crippen LogP contribution in [0.4, 0.5) is 4.79 Å². The average molecular weight is 541 g/mol. The van der Waals surface area contributed by atoms with Gasteiger partial charge in [-0.15, -0.1) is 0 Å². The smallest absolute Gasteiger partial charge is 0.408 e. The lowest BCUT2D eigenvalue weighted by Crippen LogP contribution is -2.52. The minimum atomic E-state index is -1.03. The molecule has 2 aromatic rings. The third-order valence-corrected chi connectivity index (χ3v) is 6.43. The molecule has 4 rings (SSSR count). The summed E-state index contributed by atoms with van der Waals surface area (Å²) in [4.78, 5) is 63.7. The molecular weight excluding hydrogens is 512 g/mol. The second kappa shape index (κ2) is 10.8. The molecule has 200 valence electrons. The molecular formula is C27H29ClN4O6. The molecule has 2 aliphatic rings. The van der Waals surface area contributed by atoms with Crippen LogP contribution >= 0.6 is 11.6 Å². The van der Waals surface area contributed by atoms with Gasteiger partial charge in [0.25, 0.3) is 5.91 Å². The molecule has 1 fully saturated rings. The van der Waals surface area contributed by atoms with E-state index >= 15 is 0 Å². The molecule has 11 heteroatoms. The first kappa shape index (κ1) is 27.1. The number of nitrogens with one attached hydrogen (secondary N) is 3. The van der Waals surface area contributed by atoms with Gasteiger partial charge in [-0.25, -0.2) is 4.79 Å². The van der Waals surface area contributed by atoms with E-state index in [2.05, 4.69) is 16.0 Å². The summed E-state index contributed by atoms with van der Waals surface area (Å²) in [6.07, 6.45) is -0.276. The maximum absolute atomic E-state index is 13.2. The van der Waals surface area contributed by atoms with Gasteiger partial charge in [0.1, 0.15) is 17.7 Å². The molecule has 10 nitrogen and oxygen atoms in total. The molecule has 2 aromatic carbocycles. The van der Waals surface area contributed by atoms with E-state index in [0.29, 0.717) is 16.1 Å². The van der Waals surface area contributed by atoms with Crippen molar-refractivity contribution in [3.63, 3.8) is 0 Å². The largest absolute Gasteiger partial charge is 0.444 e. The number of alkyl carbamates (subject to hydrolysis) is 1. The van der Waals surface area contributed by atoms with E-state index < -0.39 is 35.6 Å². The minimum absolute atomic E-state index is 0.138. The number of piperidine rings is 1. The summed E-state index contributed by atoms with van der Waals surface area (Å²) in [5, 5.41) is 8.21. The van der Waals surface area contributed by atoms with Crippen molar-refractivity contribution >= 4 is 41.3 Å². The van der Waals surface area contributed by atoms with Crippen molar-refractivity contribution in [3.05, 3.63) is 69.7 Å². The molecule has 0 aliphatic carbocycles. The lowest BCUT2D eigenvalue weighted by molar-refractivity contribution is -0.137. The number of carbonyl (C=O) groups excluding carboxylic acids is 5. The fraction of sp³-hybridized carbons (Fsp3) is 0.370. The number of amides is 5. The van der Waals surface area contributed by atoms with Crippen LogP contribution < -0.4 is 16.0 Å². The average Bonchev–Trinajstić information content (AvgIpc) is 3.16. The van der Waals surface area contributed by atoms with Crippen molar-refractivity contribution in [2.45, 2.75) is 64.4 Å². The number of benzene rings is 2. The number of rotatable bonds is 6. The van der Waals surface area contributed by atoms with Crippen molar-refractivity contribution in [2.24, 2.45) is 0 Å². The van der Waals surface area contributed by atoms with E-state index in [-0.39, 0.29) is 37.7 Å². The van der Waals surface area contributed by atoms with Gasteiger partial charge in [0, 0.05) is 30.1 Å². The molecule has 1 unspecified atom stereocenters. The van der Waals surface area contributed by atoms with Gasteiger partial charge in [-0.05, 0) is 62.1 Å². The van der Waals surface area contributed by atoms with E-state index in [9.17, 15) is 24.0 Å². The van der Waals surface area contributed by atoms with Crippen LogP contribution in [0, 0.1) is 0 Å². The highest BCUT2D eigenvalue weighted by molar-refractivity contribution is 6.30. The predicted molar refractivity (Wildman–Crippen MR) is 138 cm³/mol. The Morgan fingerprint density at radius 1 is 1.13 bits per heavy atom. The van der Waals surface area contributed by atoms with Crippen LogP contribution in [0.15, 0.2) is 42.5 Å². The fourth-order valence-electron chi connectivity index (χ4n) is 4.41. The van der Waals surface area contributed by atoms with Gasteiger partial charge in [0.05, 0.1) is 0 Å². The maximum Gasteiger partial charge on any atom is 0.408 e. The number of imide groups is 1. The van der Waals surface area contributed by atoms with E-state index in [1.807, 2.05) is 0 Å². The molecule has 2 aliphatic heterocycles. The summed E-state index contributed by atoms with van der Waals surface area (Å²) in [6.45, 7) is 5.55. The third-order valence-electron chi connectivity index (χ3n) is 6.18. The Bertz CT molecular complexity index is 1290. The number of fused-ring (bicyclic) bond motifs is 1. The summed E-state index contributed by atoms with van der Waals surface area (Å²) < 4.78 is 5.32. The summed E-state index contributed by atoms with van der Waals surface area (Å²) in [7, 11) is 0. The van der Waals surface area contributed by atoms with Gasteiger partial charge < -0.3 is 20.3 Å². The Balaban J connectivity index is 1.44. The molecule has 3 N–H and O–H groups in total. The zero-order valence-electron chi connectivity index (χ0n) is 21.3. The van der Waals surface area contributed by atoms with E-state index in [4.69, 9.17) is 16.3 Å². The molecule has 0 saturated carbocycles. The predicted octanol–water partition coefficient (Wildman–Crippen LogP) is 2.98. The standard InChI is InChI=1S/C27H29ClN4O6/c1-27(2,3)38-26(37)31-22(16-5-7-18(28)8-6-16)24(35)29-13-15-4-9-19-17(12-15)14-32(25(19)36)20-10-11-21(33)30-23(20)34/h4-9,12,20,22H,10-11,13-14H2,1-3H3,(H,29,35)(H,31,37)(H,30,33,34)/t20?,22-/m0/s1. The van der Waals surface area contributed by atoms with Crippen molar-refractivity contribution in [3.8, 4) is 0 Å². The van der Waals surface area contributed by atoms with Crippen molar-refractivity contribution < 1.29 is 28.7 Å². The molecule has 0 spiro atoms. The lowest BCUT2D eigenvalue weighted by atomic mass is 10.0. The van der Waals surface area contributed by atoms with Gasteiger partial charge in [-0.2, -0.15) is 0 Å². The van der Waals surface area contributed by atoms with Crippen LogP contribution in [0.2, 0.25) is 5.02 Å². The zero-order chi connectivity index (χ0) is 27.6. The number of carbonyl (C=O) groups is 5. The summed E-state index contributed by atoms with van der Waals surface area (Å²) in [6, 6.07) is 10.0. The first-order chi connectivity index (χ1) is 17.9. The summed E-state index contributed by atoms with van der Waals surface area (Å²) in [5.74, 6) is -1.54. The highest BCUT2D eigenvalue weighted by Crippen LogP contribution is 2.28. The lowest BCUT2D eigenvalue weighted by Gasteiger charge is -2.29. The molecule has 38 heavy (non-hydrogen) atoms. The van der Waals surface area contributed by atoms with Crippen LogP contribution in [0.3, 0.4) is 0 Å². The van der Waals surface area contributed by atoms with Crippen molar-refractivity contribution in [2.75, 3.05) is 0 Å². The Labute approximate surface area is 225 Å². The second-order valence-corrected chi connectivity index (χ2v) is 10.7. The minimum Gasteiger partial charge on any atom is -0.444 e. The quantitative estimate of drug-likeness (QED) is 0.482. The van der Waals surface area contributed by atoms with Gasteiger partial charge in [-0.3, -0.25) is 24.5 Å². The Morgan fingerprint density at radius 3 is 2.50 bits per heavy atom. The summed E-state index contributed by atoms with van der Waals surface area (Å²) in [5.41, 5.74) is 1.73. The van der Waals surface area contributed by atoms with Crippen molar-refractivity contribution in [1.82, 2.24) is 20.9 Å². The molecule has 2 heterocycles. The van der Waals surface area contributed by atoms with E-state index in [0.717, 1.165) is 11.1 Å². The molecule has 0 aromatic heterocycles. The molecule has 5 amide bonds. The van der Waals surface area contributed by atoms with Crippen LogP contribution in [-0.4, -0.2) is 46.3 Å². The molecule has 1 saturated heterocycles. The van der Waals surface area contributed by atoms with E-state index in [1.165, 1.54) is 4.90 Å². The number of ether oxygens (including phenoxy) is 1. The zero-order valence-corrected chi connectivity index (χ0v) is 22.1. The Kier molecular flexibility index (Phi) is 7.73.